The number of nitrogens with one attached hydrogen (secondary N) is 1. The first-order chi connectivity index (χ1) is 8.93. The van der Waals surface area contributed by atoms with Gasteiger partial charge in [0.15, 0.2) is 0 Å². The molecular formula is C12H17N3O3S. The maximum atomic E-state index is 11.6. The molecule has 5 N–H and O–H groups in total. The lowest BCUT2D eigenvalue weighted by Gasteiger charge is -2.22. The van der Waals surface area contributed by atoms with Gasteiger partial charge in [-0.2, -0.15) is 0 Å². The zero-order chi connectivity index (χ0) is 13.6. The first kappa shape index (κ1) is 12.7. The number of anilines is 2. The minimum atomic E-state index is -3.79. The molecule has 2 aliphatic rings. The summed E-state index contributed by atoms with van der Waals surface area (Å²) in [4.78, 5) is 0.0373. The van der Waals surface area contributed by atoms with Crippen LogP contribution < -0.4 is 16.2 Å². The Morgan fingerprint density at radius 1 is 1.32 bits per heavy atom. The Labute approximate surface area is 112 Å². The third-order valence-corrected chi connectivity index (χ3v) is 4.71. The highest BCUT2D eigenvalue weighted by Crippen LogP contribution is 2.37. The Balaban J connectivity index is 1.89. The van der Waals surface area contributed by atoms with Crippen LogP contribution in [0.5, 0.6) is 0 Å². The zero-order valence-electron chi connectivity index (χ0n) is 10.4. The van der Waals surface area contributed by atoms with Crippen LogP contribution >= 0.6 is 0 Å². The van der Waals surface area contributed by atoms with Crippen molar-refractivity contribution in [2.24, 2.45) is 5.14 Å². The second kappa shape index (κ2) is 4.36. The van der Waals surface area contributed by atoms with Gasteiger partial charge in [-0.05, 0) is 37.5 Å². The largest absolute Gasteiger partial charge is 0.399 e. The number of nitrogen functional groups attached to an aromatic ring is 1. The highest BCUT2D eigenvalue weighted by Gasteiger charge is 2.41. The molecule has 1 aromatic rings. The fourth-order valence-corrected chi connectivity index (χ4v) is 3.62. The van der Waals surface area contributed by atoms with Crippen molar-refractivity contribution in [3.05, 3.63) is 18.2 Å². The van der Waals surface area contributed by atoms with E-state index < -0.39 is 10.0 Å². The molecule has 7 heteroatoms. The Hall–Kier alpha value is -1.31. The van der Waals surface area contributed by atoms with Crippen molar-refractivity contribution in [1.29, 1.82) is 0 Å². The van der Waals surface area contributed by atoms with Gasteiger partial charge in [0.25, 0.3) is 0 Å². The molecule has 2 heterocycles. The van der Waals surface area contributed by atoms with Crippen molar-refractivity contribution in [2.45, 2.75) is 42.4 Å². The molecule has 3 rings (SSSR count). The second-order valence-electron chi connectivity index (χ2n) is 5.16. The molecule has 3 unspecified atom stereocenters. The molecule has 2 fully saturated rings. The van der Waals surface area contributed by atoms with Gasteiger partial charge in [-0.1, -0.05) is 0 Å². The van der Waals surface area contributed by atoms with Gasteiger partial charge >= 0.3 is 0 Å². The van der Waals surface area contributed by atoms with Gasteiger partial charge in [0.1, 0.15) is 4.90 Å². The number of primary sulfonamides is 1. The summed E-state index contributed by atoms with van der Waals surface area (Å²) >= 11 is 0. The molecule has 19 heavy (non-hydrogen) atoms. The standard InChI is InChI=1S/C12H17N3O3S/c13-7-1-3-9(12(5-7)19(14,16)17)15-10-6-8-2-4-11(10)18-8/h1,3,5,8,10-11,15H,2,4,6,13H2,(H2,14,16,17). The number of hydrogen-bond acceptors (Lipinski definition) is 5. The molecule has 0 spiro atoms. The number of rotatable bonds is 3. The molecule has 2 aliphatic heterocycles. The molecule has 6 nitrogen and oxygen atoms in total. The van der Waals surface area contributed by atoms with Gasteiger partial charge in [0.05, 0.1) is 23.9 Å². The van der Waals surface area contributed by atoms with E-state index in [4.69, 9.17) is 15.6 Å². The molecule has 104 valence electrons. The molecule has 0 amide bonds. The Morgan fingerprint density at radius 3 is 2.68 bits per heavy atom. The molecule has 0 saturated carbocycles. The van der Waals surface area contributed by atoms with E-state index >= 15 is 0 Å². The Morgan fingerprint density at radius 2 is 2.11 bits per heavy atom. The van der Waals surface area contributed by atoms with Gasteiger partial charge in [0.2, 0.25) is 10.0 Å². The van der Waals surface area contributed by atoms with E-state index in [0.717, 1.165) is 19.3 Å². The van der Waals surface area contributed by atoms with Gasteiger partial charge < -0.3 is 15.8 Å². The first-order valence-electron chi connectivity index (χ1n) is 6.28. The summed E-state index contributed by atoms with van der Waals surface area (Å²) in [6, 6.07) is 4.83. The SMILES string of the molecule is Nc1ccc(NC2CC3CCC2O3)c(S(N)(=O)=O)c1. The zero-order valence-corrected chi connectivity index (χ0v) is 11.2. The molecule has 3 atom stereocenters. The van der Waals surface area contributed by atoms with Gasteiger partial charge in [-0.25, -0.2) is 13.6 Å². The lowest BCUT2D eigenvalue weighted by atomic mass is 9.95. The Bertz CT molecular complexity index is 602. The van der Waals surface area contributed by atoms with Crippen LogP contribution in [-0.4, -0.2) is 26.7 Å². The van der Waals surface area contributed by atoms with Crippen LogP contribution in [0.1, 0.15) is 19.3 Å². The van der Waals surface area contributed by atoms with E-state index in [2.05, 4.69) is 5.32 Å². The third-order valence-electron chi connectivity index (χ3n) is 3.76. The minimum absolute atomic E-state index is 0.0373. The van der Waals surface area contributed by atoms with Crippen LogP contribution in [0, 0.1) is 0 Å². The van der Waals surface area contributed by atoms with Crippen LogP contribution in [0.15, 0.2) is 23.1 Å². The van der Waals surface area contributed by atoms with E-state index in [9.17, 15) is 8.42 Å². The summed E-state index contributed by atoms with van der Waals surface area (Å²) in [5.74, 6) is 0. The second-order valence-corrected chi connectivity index (χ2v) is 6.69. The predicted octanol–water partition coefficient (Wildman–Crippen LogP) is 0.648. The van der Waals surface area contributed by atoms with Crippen molar-refractivity contribution in [3.8, 4) is 0 Å². The normalized spacial score (nSPS) is 29.6. The number of hydrogen-bond donors (Lipinski definition) is 3. The van der Waals surface area contributed by atoms with E-state index in [-0.39, 0.29) is 17.0 Å². The van der Waals surface area contributed by atoms with Gasteiger partial charge in [-0.15, -0.1) is 0 Å². The molecule has 0 aliphatic carbocycles. The van der Waals surface area contributed by atoms with Gasteiger partial charge in [0, 0.05) is 5.69 Å². The fourth-order valence-electron chi connectivity index (χ4n) is 2.88. The molecular weight excluding hydrogens is 266 g/mol. The monoisotopic (exact) mass is 283 g/mol. The van der Waals surface area contributed by atoms with Crippen molar-refractivity contribution in [3.63, 3.8) is 0 Å². The van der Waals surface area contributed by atoms with Gasteiger partial charge in [-0.3, -0.25) is 0 Å². The van der Waals surface area contributed by atoms with Crippen LogP contribution in [-0.2, 0) is 14.8 Å². The molecule has 2 saturated heterocycles. The first-order valence-corrected chi connectivity index (χ1v) is 7.82. The number of sulfonamides is 1. The topological polar surface area (TPSA) is 107 Å². The predicted molar refractivity (Wildman–Crippen MR) is 72.2 cm³/mol. The minimum Gasteiger partial charge on any atom is -0.399 e. The van der Waals surface area contributed by atoms with Crippen molar-refractivity contribution < 1.29 is 13.2 Å². The molecule has 0 aromatic heterocycles. The quantitative estimate of drug-likeness (QED) is 0.706. The van der Waals surface area contributed by atoms with Crippen molar-refractivity contribution in [2.75, 3.05) is 11.1 Å². The van der Waals surface area contributed by atoms with E-state index in [1.54, 1.807) is 12.1 Å². The molecule has 2 bridgehead atoms. The maximum absolute atomic E-state index is 11.6. The van der Waals surface area contributed by atoms with E-state index in [1.165, 1.54) is 6.07 Å². The summed E-state index contributed by atoms with van der Waals surface area (Å²) in [5, 5.41) is 8.46. The Kier molecular flexibility index (Phi) is 2.92. The summed E-state index contributed by atoms with van der Waals surface area (Å²) in [6.45, 7) is 0. The summed E-state index contributed by atoms with van der Waals surface area (Å²) in [6.07, 6.45) is 3.47. The summed E-state index contributed by atoms with van der Waals surface area (Å²) in [7, 11) is -3.79. The highest BCUT2D eigenvalue weighted by molar-refractivity contribution is 7.89. The van der Waals surface area contributed by atoms with Crippen LogP contribution in [0.4, 0.5) is 11.4 Å². The van der Waals surface area contributed by atoms with Crippen LogP contribution in [0.2, 0.25) is 0 Å². The average molecular weight is 283 g/mol. The van der Waals surface area contributed by atoms with Crippen LogP contribution in [0.25, 0.3) is 0 Å². The van der Waals surface area contributed by atoms with E-state index in [0.29, 0.717) is 17.5 Å². The fraction of sp³-hybridized carbons (Fsp3) is 0.500. The summed E-state index contributed by atoms with van der Waals surface area (Å²) in [5.41, 5.74) is 6.49. The third kappa shape index (κ3) is 2.41. The molecule has 0 radical (unpaired) electrons. The van der Waals surface area contributed by atoms with Crippen molar-refractivity contribution in [1.82, 2.24) is 0 Å². The number of ether oxygens (including phenoxy) is 1. The lowest BCUT2D eigenvalue weighted by Crippen LogP contribution is -2.31. The lowest BCUT2D eigenvalue weighted by molar-refractivity contribution is 0.102. The van der Waals surface area contributed by atoms with Crippen LogP contribution in [0.3, 0.4) is 0 Å². The molecule has 1 aromatic carbocycles. The van der Waals surface area contributed by atoms with Crippen molar-refractivity contribution >= 4 is 21.4 Å². The summed E-state index contributed by atoms with van der Waals surface area (Å²) < 4.78 is 28.9. The smallest absolute Gasteiger partial charge is 0.240 e. The number of benzene rings is 1. The maximum Gasteiger partial charge on any atom is 0.240 e. The highest BCUT2D eigenvalue weighted by atomic mass is 32.2. The number of nitrogens with two attached hydrogens (primary N) is 2. The number of fused-ring (bicyclic) bond motifs is 2. The van der Waals surface area contributed by atoms with E-state index in [1.807, 2.05) is 0 Å². The average Bonchev–Trinajstić information content (AvgIpc) is 2.92.